The largest absolute Gasteiger partial charge is 0.356 e. The summed E-state index contributed by atoms with van der Waals surface area (Å²) < 4.78 is 26.4. The first-order valence-electron chi connectivity index (χ1n) is 6.62. The summed E-state index contributed by atoms with van der Waals surface area (Å²) in [6.07, 6.45) is 0.776. The van der Waals surface area contributed by atoms with Gasteiger partial charge in [-0.2, -0.15) is 9.57 Å². The summed E-state index contributed by atoms with van der Waals surface area (Å²) in [7, 11) is -3.53. The topological polar surface area (TPSA) is 90.3 Å². The minimum absolute atomic E-state index is 0.104. The number of nitrogens with one attached hydrogen (secondary N) is 1. The van der Waals surface area contributed by atoms with Gasteiger partial charge in [-0.15, -0.1) is 11.3 Å². The molecule has 0 saturated carbocycles. The Kier molecular flexibility index (Phi) is 6.81. The molecule has 8 heteroatoms. The summed E-state index contributed by atoms with van der Waals surface area (Å²) in [6.45, 7) is 4.22. The summed E-state index contributed by atoms with van der Waals surface area (Å²) in [5.74, 6) is -0.104. The molecule has 0 fully saturated rings. The lowest BCUT2D eigenvalue weighted by molar-refractivity contribution is -0.118. The minimum Gasteiger partial charge on any atom is -0.356 e. The van der Waals surface area contributed by atoms with Crippen molar-refractivity contribution in [3.63, 3.8) is 0 Å². The van der Waals surface area contributed by atoms with E-state index in [2.05, 4.69) is 5.32 Å². The number of carbonyl (C=O) groups excluding carboxylic acids is 1. The van der Waals surface area contributed by atoms with Gasteiger partial charge in [-0.1, -0.05) is 6.92 Å². The molecule has 0 spiro atoms. The molecule has 116 valence electrons. The van der Waals surface area contributed by atoms with Crippen molar-refractivity contribution in [3.05, 3.63) is 17.0 Å². The average molecular weight is 329 g/mol. The number of rotatable bonds is 8. The van der Waals surface area contributed by atoms with Crippen LogP contribution in [0.4, 0.5) is 0 Å². The van der Waals surface area contributed by atoms with Crippen LogP contribution in [0.1, 0.15) is 25.1 Å². The molecule has 21 heavy (non-hydrogen) atoms. The first kappa shape index (κ1) is 17.6. The van der Waals surface area contributed by atoms with Gasteiger partial charge >= 0.3 is 0 Å². The summed E-state index contributed by atoms with van der Waals surface area (Å²) in [4.78, 5) is 11.7. The number of nitrogens with zero attached hydrogens (tertiary/aromatic N) is 2. The summed E-state index contributed by atoms with van der Waals surface area (Å²) in [5, 5.41) is 11.3. The van der Waals surface area contributed by atoms with E-state index in [9.17, 15) is 13.2 Å². The quantitative estimate of drug-likeness (QED) is 0.779. The van der Waals surface area contributed by atoms with Gasteiger partial charge in [0.15, 0.2) is 0 Å². The van der Waals surface area contributed by atoms with E-state index in [1.807, 2.05) is 6.07 Å². The molecule has 1 rings (SSSR count). The monoisotopic (exact) mass is 329 g/mol. The third-order valence-corrected chi connectivity index (χ3v) is 6.39. The lowest BCUT2D eigenvalue weighted by Crippen LogP contribution is -2.31. The lowest BCUT2D eigenvalue weighted by atomic mass is 10.3. The van der Waals surface area contributed by atoms with Gasteiger partial charge in [0.1, 0.15) is 4.21 Å². The highest BCUT2D eigenvalue weighted by molar-refractivity contribution is 7.91. The average Bonchev–Trinajstić information content (AvgIpc) is 2.88. The molecule has 6 nitrogen and oxygen atoms in total. The van der Waals surface area contributed by atoms with Crippen LogP contribution in [0.15, 0.2) is 16.3 Å². The normalized spacial score (nSPS) is 11.3. The fraction of sp³-hybridized carbons (Fsp3) is 0.538. The molecular formula is C13H19N3O3S2. The number of thiophene rings is 1. The molecular weight excluding hydrogens is 310 g/mol. The van der Waals surface area contributed by atoms with Crippen LogP contribution in [-0.2, 0) is 21.2 Å². The molecule has 0 aliphatic carbocycles. The van der Waals surface area contributed by atoms with Crippen molar-refractivity contribution < 1.29 is 13.2 Å². The van der Waals surface area contributed by atoms with Gasteiger partial charge in [0, 0.05) is 37.9 Å². The van der Waals surface area contributed by atoms with E-state index in [0.717, 1.165) is 4.88 Å². The fourth-order valence-corrected chi connectivity index (χ4v) is 4.70. The van der Waals surface area contributed by atoms with E-state index in [1.165, 1.54) is 22.6 Å². The van der Waals surface area contributed by atoms with E-state index in [4.69, 9.17) is 5.26 Å². The molecule has 0 unspecified atom stereocenters. The zero-order valence-corrected chi connectivity index (χ0v) is 13.8. The van der Waals surface area contributed by atoms with Crippen molar-refractivity contribution in [1.82, 2.24) is 9.62 Å². The Labute approximate surface area is 129 Å². The number of amides is 1. The van der Waals surface area contributed by atoms with Gasteiger partial charge in [0.05, 0.1) is 6.07 Å². The van der Waals surface area contributed by atoms with E-state index in [-0.39, 0.29) is 23.1 Å². The molecule has 0 aliphatic heterocycles. The Morgan fingerprint density at radius 2 is 2.19 bits per heavy atom. The van der Waals surface area contributed by atoms with Crippen LogP contribution in [0.3, 0.4) is 0 Å². The number of nitriles is 1. The summed E-state index contributed by atoms with van der Waals surface area (Å²) in [6, 6.07) is 5.30. The Hall–Kier alpha value is -1.43. The van der Waals surface area contributed by atoms with Crippen LogP contribution < -0.4 is 5.32 Å². The highest BCUT2D eigenvalue weighted by Crippen LogP contribution is 2.25. The highest BCUT2D eigenvalue weighted by atomic mass is 32.2. The van der Waals surface area contributed by atoms with E-state index >= 15 is 0 Å². The molecule has 1 aromatic heterocycles. The molecule has 0 bridgehead atoms. The van der Waals surface area contributed by atoms with Crippen LogP contribution in [0, 0.1) is 11.3 Å². The molecule has 1 N–H and O–H groups in total. The van der Waals surface area contributed by atoms with Gasteiger partial charge in [0.25, 0.3) is 10.0 Å². The Morgan fingerprint density at radius 3 is 2.76 bits per heavy atom. The smallest absolute Gasteiger partial charge is 0.252 e. The maximum absolute atomic E-state index is 12.4. The Bertz CT molecular complexity index is 617. The number of hydrogen-bond acceptors (Lipinski definition) is 5. The van der Waals surface area contributed by atoms with Crippen molar-refractivity contribution in [2.45, 2.75) is 30.9 Å². The number of hydrogen-bond donors (Lipinski definition) is 1. The third kappa shape index (κ3) is 5.12. The number of carbonyl (C=O) groups is 1. The van der Waals surface area contributed by atoms with E-state index in [0.29, 0.717) is 19.5 Å². The van der Waals surface area contributed by atoms with Crippen molar-refractivity contribution in [3.8, 4) is 6.07 Å². The van der Waals surface area contributed by atoms with Crippen molar-refractivity contribution in [1.29, 1.82) is 5.26 Å². The third-order valence-electron chi connectivity index (χ3n) is 2.80. The predicted octanol–water partition coefficient (Wildman–Crippen LogP) is 1.35. The predicted molar refractivity (Wildman–Crippen MR) is 81.4 cm³/mol. The molecule has 0 radical (unpaired) electrons. The van der Waals surface area contributed by atoms with Crippen LogP contribution in [-0.4, -0.2) is 38.3 Å². The molecule has 1 heterocycles. The number of sulfonamides is 1. The van der Waals surface area contributed by atoms with Gasteiger partial charge in [-0.3, -0.25) is 4.79 Å². The second-order valence-electron chi connectivity index (χ2n) is 4.36. The lowest BCUT2D eigenvalue weighted by Gasteiger charge is -2.17. The molecule has 1 amide bonds. The molecule has 0 saturated heterocycles. The fourth-order valence-electron chi connectivity index (χ4n) is 1.74. The second-order valence-corrected chi connectivity index (χ2v) is 7.69. The van der Waals surface area contributed by atoms with Gasteiger partial charge in [-0.25, -0.2) is 8.42 Å². The Balaban J connectivity index is 2.77. The first-order valence-corrected chi connectivity index (χ1v) is 8.87. The van der Waals surface area contributed by atoms with Crippen LogP contribution in [0.2, 0.25) is 0 Å². The van der Waals surface area contributed by atoms with Crippen molar-refractivity contribution in [2.75, 3.05) is 19.6 Å². The SMILES string of the molecule is CCN(CCC#N)S(=O)(=O)c1ccc(CCNC(C)=O)s1. The first-order chi connectivity index (χ1) is 9.91. The highest BCUT2D eigenvalue weighted by Gasteiger charge is 2.24. The second kappa shape index (κ2) is 8.12. The maximum Gasteiger partial charge on any atom is 0.252 e. The molecule has 1 aromatic rings. The van der Waals surface area contributed by atoms with Crippen LogP contribution >= 0.6 is 11.3 Å². The maximum atomic E-state index is 12.4. The van der Waals surface area contributed by atoms with E-state index in [1.54, 1.807) is 19.1 Å². The minimum atomic E-state index is -3.53. The Morgan fingerprint density at radius 1 is 1.48 bits per heavy atom. The van der Waals surface area contributed by atoms with Gasteiger partial charge in [0.2, 0.25) is 5.91 Å². The standard InChI is InChI=1S/C13H19N3O3S2/c1-3-16(10-4-8-14)21(18,19)13-6-5-12(20-13)7-9-15-11(2)17/h5-6H,3-4,7,9-10H2,1-2H3,(H,15,17). The van der Waals surface area contributed by atoms with Crippen molar-refractivity contribution >= 4 is 27.3 Å². The molecule has 0 aromatic carbocycles. The van der Waals surface area contributed by atoms with Crippen LogP contribution in [0.5, 0.6) is 0 Å². The molecule has 0 atom stereocenters. The van der Waals surface area contributed by atoms with Gasteiger partial charge in [-0.05, 0) is 18.6 Å². The molecule has 0 aliphatic rings. The zero-order valence-electron chi connectivity index (χ0n) is 12.1. The summed E-state index contributed by atoms with van der Waals surface area (Å²) >= 11 is 1.20. The van der Waals surface area contributed by atoms with Gasteiger partial charge < -0.3 is 5.32 Å². The zero-order chi connectivity index (χ0) is 15.9. The van der Waals surface area contributed by atoms with E-state index < -0.39 is 10.0 Å². The van der Waals surface area contributed by atoms with Crippen LogP contribution in [0.25, 0.3) is 0 Å². The summed E-state index contributed by atoms with van der Waals surface area (Å²) in [5.41, 5.74) is 0. The van der Waals surface area contributed by atoms with Crippen molar-refractivity contribution in [2.24, 2.45) is 0 Å².